The van der Waals surface area contributed by atoms with E-state index in [0.29, 0.717) is 18.8 Å². The van der Waals surface area contributed by atoms with Crippen LogP contribution in [0.4, 0.5) is 0 Å². The van der Waals surface area contributed by atoms with E-state index in [9.17, 15) is 0 Å². The van der Waals surface area contributed by atoms with Gasteiger partial charge in [0.25, 0.3) is 0 Å². The SMILES string of the molecule is C=CN(C)[C@H]1CCCC[C@@H]1OCc1ccccc1. The van der Waals surface area contributed by atoms with Gasteiger partial charge in [-0.3, -0.25) is 0 Å². The monoisotopic (exact) mass is 245 g/mol. The summed E-state index contributed by atoms with van der Waals surface area (Å²) in [6, 6.07) is 10.9. The Labute approximate surface area is 110 Å². The minimum absolute atomic E-state index is 0.335. The first-order valence-corrected chi connectivity index (χ1v) is 6.81. The second-order valence-corrected chi connectivity index (χ2v) is 5.03. The van der Waals surface area contributed by atoms with Gasteiger partial charge in [0, 0.05) is 7.05 Å². The molecule has 0 bridgehead atoms. The third-order valence-corrected chi connectivity index (χ3v) is 3.79. The maximum atomic E-state index is 6.12. The third kappa shape index (κ3) is 3.36. The van der Waals surface area contributed by atoms with Gasteiger partial charge in [-0.1, -0.05) is 49.8 Å². The molecule has 1 aromatic rings. The van der Waals surface area contributed by atoms with E-state index in [0.717, 1.165) is 6.42 Å². The minimum Gasteiger partial charge on any atom is -0.375 e. The van der Waals surface area contributed by atoms with Crippen LogP contribution < -0.4 is 0 Å². The van der Waals surface area contributed by atoms with Crippen molar-refractivity contribution in [1.29, 1.82) is 0 Å². The van der Waals surface area contributed by atoms with Crippen molar-refractivity contribution < 1.29 is 4.74 Å². The van der Waals surface area contributed by atoms with Crippen molar-refractivity contribution in [2.45, 2.75) is 44.4 Å². The summed E-state index contributed by atoms with van der Waals surface area (Å²) in [4.78, 5) is 2.20. The number of benzene rings is 1. The van der Waals surface area contributed by atoms with Crippen molar-refractivity contribution >= 4 is 0 Å². The van der Waals surface area contributed by atoms with E-state index in [1.807, 2.05) is 12.3 Å². The second-order valence-electron chi connectivity index (χ2n) is 5.03. The Morgan fingerprint density at radius 1 is 1.28 bits per heavy atom. The molecule has 0 unspecified atom stereocenters. The fraction of sp³-hybridized carbons (Fsp3) is 0.500. The van der Waals surface area contributed by atoms with Crippen LogP contribution in [-0.2, 0) is 11.3 Å². The zero-order valence-electron chi connectivity index (χ0n) is 11.2. The molecule has 1 aliphatic rings. The lowest BCUT2D eigenvalue weighted by Crippen LogP contribution is -2.42. The van der Waals surface area contributed by atoms with Gasteiger partial charge in [-0.25, -0.2) is 0 Å². The normalized spacial score (nSPS) is 23.6. The lowest BCUT2D eigenvalue weighted by Gasteiger charge is -2.37. The van der Waals surface area contributed by atoms with E-state index in [2.05, 4.69) is 42.8 Å². The van der Waals surface area contributed by atoms with Crippen molar-refractivity contribution in [2.24, 2.45) is 0 Å². The van der Waals surface area contributed by atoms with Crippen molar-refractivity contribution in [3.05, 3.63) is 48.7 Å². The lowest BCUT2D eigenvalue weighted by molar-refractivity contribution is -0.0278. The summed E-state index contributed by atoms with van der Waals surface area (Å²) in [6.07, 6.45) is 7.20. The van der Waals surface area contributed by atoms with Gasteiger partial charge in [0.05, 0.1) is 18.8 Å². The molecule has 1 aromatic carbocycles. The summed E-state index contributed by atoms with van der Waals surface area (Å²) in [6.45, 7) is 4.57. The van der Waals surface area contributed by atoms with Gasteiger partial charge < -0.3 is 9.64 Å². The second kappa shape index (κ2) is 6.60. The van der Waals surface area contributed by atoms with E-state index >= 15 is 0 Å². The lowest BCUT2D eigenvalue weighted by atomic mass is 9.91. The van der Waals surface area contributed by atoms with Crippen LogP contribution >= 0.6 is 0 Å². The Hall–Kier alpha value is -1.28. The highest BCUT2D eigenvalue weighted by Crippen LogP contribution is 2.25. The maximum absolute atomic E-state index is 6.12. The van der Waals surface area contributed by atoms with Gasteiger partial charge in [0.2, 0.25) is 0 Å². The number of likely N-dealkylation sites (N-methyl/N-ethyl adjacent to an activating group) is 1. The predicted molar refractivity (Wildman–Crippen MR) is 75.2 cm³/mol. The number of hydrogen-bond donors (Lipinski definition) is 0. The highest BCUT2D eigenvalue weighted by Gasteiger charge is 2.27. The molecule has 0 spiro atoms. The summed E-state index contributed by atoms with van der Waals surface area (Å²) in [5.74, 6) is 0. The van der Waals surface area contributed by atoms with Gasteiger partial charge in [0.15, 0.2) is 0 Å². The quantitative estimate of drug-likeness (QED) is 0.786. The van der Waals surface area contributed by atoms with Crippen LogP contribution in [0.15, 0.2) is 43.1 Å². The fourth-order valence-corrected chi connectivity index (χ4v) is 2.65. The van der Waals surface area contributed by atoms with Gasteiger partial charge in [0.1, 0.15) is 0 Å². The summed E-state index contributed by atoms with van der Waals surface area (Å²) in [5.41, 5.74) is 1.25. The predicted octanol–water partition coefficient (Wildman–Crippen LogP) is 3.59. The molecule has 2 atom stereocenters. The van der Waals surface area contributed by atoms with Crippen molar-refractivity contribution in [3.63, 3.8) is 0 Å². The van der Waals surface area contributed by atoms with Crippen LogP contribution in [0.3, 0.4) is 0 Å². The third-order valence-electron chi connectivity index (χ3n) is 3.79. The van der Waals surface area contributed by atoms with Crippen molar-refractivity contribution in [3.8, 4) is 0 Å². The number of hydrogen-bond acceptors (Lipinski definition) is 2. The molecule has 1 aliphatic carbocycles. The number of ether oxygens (including phenoxy) is 1. The molecule has 2 rings (SSSR count). The number of rotatable bonds is 5. The van der Waals surface area contributed by atoms with Gasteiger partial charge >= 0.3 is 0 Å². The van der Waals surface area contributed by atoms with Crippen LogP contribution in [0.1, 0.15) is 31.2 Å². The maximum Gasteiger partial charge on any atom is 0.0782 e. The molecule has 0 amide bonds. The molecule has 0 aliphatic heterocycles. The zero-order chi connectivity index (χ0) is 12.8. The molecule has 0 N–H and O–H groups in total. The minimum atomic E-state index is 0.335. The zero-order valence-corrected chi connectivity index (χ0v) is 11.2. The van der Waals surface area contributed by atoms with Gasteiger partial charge in [-0.05, 0) is 24.6 Å². The van der Waals surface area contributed by atoms with E-state index in [-0.39, 0.29) is 0 Å². The van der Waals surface area contributed by atoms with Crippen molar-refractivity contribution in [1.82, 2.24) is 4.90 Å². The molecule has 98 valence electrons. The first-order valence-electron chi connectivity index (χ1n) is 6.81. The molecule has 0 heterocycles. The molecule has 1 fully saturated rings. The summed E-state index contributed by atoms with van der Waals surface area (Å²) in [5, 5.41) is 0. The van der Waals surface area contributed by atoms with E-state index in [1.165, 1.54) is 24.8 Å². The summed E-state index contributed by atoms with van der Waals surface area (Å²) < 4.78 is 6.12. The summed E-state index contributed by atoms with van der Waals surface area (Å²) in [7, 11) is 2.10. The Bertz CT molecular complexity index is 363. The van der Waals surface area contributed by atoms with Crippen LogP contribution in [0.25, 0.3) is 0 Å². The average molecular weight is 245 g/mol. The van der Waals surface area contributed by atoms with Crippen LogP contribution in [0.2, 0.25) is 0 Å². The Balaban J connectivity index is 1.91. The Morgan fingerprint density at radius 3 is 2.72 bits per heavy atom. The molecule has 0 aromatic heterocycles. The first-order chi connectivity index (χ1) is 8.81. The molecular weight excluding hydrogens is 222 g/mol. The molecule has 2 heteroatoms. The smallest absolute Gasteiger partial charge is 0.0782 e. The van der Waals surface area contributed by atoms with E-state index in [1.54, 1.807) is 0 Å². The standard InChI is InChI=1S/C16H23NO/c1-3-17(2)15-11-7-8-12-16(15)18-13-14-9-5-4-6-10-14/h3-6,9-10,15-16H,1,7-8,11-13H2,2H3/t15-,16-/m0/s1. The highest BCUT2D eigenvalue weighted by atomic mass is 16.5. The Kier molecular flexibility index (Phi) is 4.82. The molecule has 18 heavy (non-hydrogen) atoms. The van der Waals surface area contributed by atoms with E-state index < -0.39 is 0 Å². The number of nitrogens with zero attached hydrogens (tertiary/aromatic N) is 1. The molecule has 0 radical (unpaired) electrons. The van der Waals surface area contributed by atoms with Crippen LogP contribution in [0.5, 0.6) is 0 Å². The topological polar surface area (TPSA) is 12.5 Å². The average Bonchev–Trinajstić information content (AvgIpc) is 2.45. The molecule has 0 saturated heterocycles. The van der Waals surface area contributed by atoms with Crippen LogP contribution in [-0.4, -0.2) is 24.1 Å². The van der Waals surface area contributed by atoms with Gasteiger partial charge in [-0.2, -0.15) is 0 Å². The molecular formula is C16H23NO. The summed E-state index contributed by atoms with van der Waals surface area (Å²) >= 11 is 0. The largest absolute Gasteiger partial charge is 0.375 e. The fourth-order valence-electron chi connectivity index (χ4n) is 2.65. The van der Waals surface area contributed by atoms with Crippen LogP contribution in [0, 0.1) is 0 Å². The van der Waals surface area contributed by atoms with Crippen molar-refractivity contribution in [2.75, 3.05) is 7.05 Å². The molecule has 2 nitrogen and oxygen atoms in total. The highest BCUT2D eigenvalue weighted by molar-refractivity contribution is 5.13. The Morgan fingerprint density at radius 2 is 2.00 bits per heavy atom. The molecule has 1 saturated carbocycles. The van der Waals surface area contributed by atoms with Gasteiger partial charge in [-0.15, -0.1) is 0 Å². The van der Waals surface area contributed by atoms with E-state index in [4.69, 9.17) is 4.74 Å². The first kappa shape index (κ1) is 13.2.